The molecule has 0 atom stereocenters. The standard InChI is InChI=1S/C25H23Cl2IN2O6S/c1-2-35-20-11-16(10-19(28)23(20)36-14-15-3-4-17(26)18(27)9-15)12-21-24(32)30(25(33)37-21)13-22(31)29-5-7-34-8-6-29/h3-4,9-12H,2,5-8,13-14H2,1H3/b21-12+. The first-order valence-corrected chi connectivity index (χ1v) is 14.1. The summed E-state index contributed by atoms with van der Waals surface area (Å²) < 4.78 is 17.9. The number of morpholine rings is 1. The summed E-state index contributed by atoms with van der Waals surface area (Å²) in [6, 6.07) is 8.87. The number of imide groups is 1. The molecule has 196 valence electrons. The van der Waals surface area contributed by atoms with Crippen LogP contribution in [0.2, 0.25) is 10.0 Å². The van der Waals surface area contributed by atoms with Gasteiger partial charge in [-0.25, -0.2) is 0 Å². The zero-order chi connectivity index (χ0) is 26.5. The number of carbonyl (C=O) groups is 3. The van der Waals surface area contributed by atoms with Gasteiger partial charge in [-0.3, -0.25) is 19.3 Å². The number of ether oxygens (including phenoxy) is 3. The molecule has 0 aromatic heterocycles. The van der Waals surface area contributed by atoms with Gasteiger partial charge in [0.1, 0.15) is 13.2 Å². The Morgan fingerprint density at radius 1 is 1.14 bits per heavy atom. The maximum absolute atomic E-state index is 13.0. The first-order valence-electron chi connectivity index (χ1n) is 11.4. The van der Waals surface area contributed by atoms with Gasteiger partial charge in [-0.2, -0.15) is 0 Å². The molecule has 8 nitrogen and oxygen atoms in total. The van der Waals surface area contributed by atoms with E-state index in [0.29, 0.717) is 60.0 Å². The van der Waals surface area contributed by atoms with Crippen LogP contribution >= 0.6 is 57.6 Å². The van der Waals surface area contributed by atoms with Gasteiger partial charge < -0.3 is 19.1 Å². The fraction of sp³-hybridized carbons (Fsp3) is 0.320. The summed E-state index contributed by atoms with van der Waals surface area (Å²) >= 11 is 15.0. The van der Waals surface area contributed by atoms with Gasteiger partial charge in [0.05, 0.1) is 38.3 Å². The van der Waals surface area contributed by atoms with E-state index in [0.717, 1.165) is 25.8 Å². The minimum absolute atomic E-state index is 0.238. The number of amides is 3. The van der Waals surface area contributed by atoms with Gasteiger partial charge >= 0.3 is 0 Å². The van der Waals surface area contributed by atoms with Crippen molar-refractivity contribution in [3.05, 3.63) is 60.0 Å². The molecule has 2 aliphatic heterocycles. The molecule has 0 bridgehead atoms. The molecule has 2 saturated heterocycles. The van der Waals surface area contributed by atoms with Crippen LogP contribution in [0.15, 0.2) is 35.2 Å². The molecule has 2 heterocycles. The molecule has 2 aromatic rings. The van der Waals surface area contributed by atoms with Gasteiger partial charge in [-0.15, -0.1) is 0 Å². The Hall–Kier alpha value is -1.99. The van der Waals surface area contributed by atoms with Crippen LogP contribution in [0.3, 0.4) is 0 Å². The summed E-state index contributed by atoms with van der Waals surface area (Å²) in [6.45, 7) is 4.02. The minimum atomic E-state index is -0.496. The van der Waals surface area contributed by atoms with Crippen molar-refractivity contribution in [2.45, 2.75) is 13.5 Å². The van der Waals surface area contributed by atoms with E-state index >= 15 is 0 Å². The van der Waals surface area contributed by atoms with Crippen LogP contribution in [-0.4, -0.2) is 66.3 Å². The lowest BCUT2D eigenvalue weighted by atomic mass is 10.1. The van der Waals surface area contributed by atoms with Crippen molar-refractivity contribution >= 4 is 80.7 Å². The summed E-state index contributed by atoms with van der Waals surface area (Å²) in [6.07, 6.45) is 1.62. The molecule has 4 rings (SSSR count). The average molecular weight is 677 g/mol. The summed E-state index contributed by atoms with van der Waals surface area (Å²) in [5.41, 5.74) is 1.51. The van der Waals surface area contributed by atoms with E-state index in [1.165, 1.54) is 0 Å². The highest BCUT2D eigenvalue weighted by atomic mass is 127. The second-order valence-electron chi connectivity index (χ2n) is 8.06. The van der Waals surface area contributed by atoms with Crippen LogP contribution in [0, 0.1) is 3.57 Å². The molecule has 0 unspecified atom stereocenters. The van der Waals surface area contributed by atoms with Gasteiger partial charge in [-0.05, 0) is 82.7 Å². The minimum Gasteiger partial charge on any atom is -0.490 e. The molecule has 2 aliphatic rings. The second kappa shape index (κ2) is 12.7. The third-order valence-corrected chi connectivity index (χ3v) is 7.98. The van der Waals surface area contributed by atoms with E-state index in [1.807, 2.05) is 19.1 Å². The van der Waals surface area contributed by atoms with Crippen molar-refractivity contribution in [2.24, 2.45) is 0 Å². The Bertz CT molecular complexity index is 1250. The SMILES string of the molecule is CCOc1cc(/C=C2/SC(=O)N(CC(=O)N3CCOCC3)C2=O)cc(I)c1OCc1ccc(Cl)c(Cl)c1. The fourth-order valence-electron chi connectivity index (χ4n) is 3.69. The summed E-state index contributed by atoms with van der Waals surface area (Å²) in [5.74, 6) is 0.283. The third-order valence-electron chi connectivity index (χ3n) is 5.53. The maximum atomic E-state index is 13.0. The van der Waals surface area contributed by atoms with Crippen molar-refractivity contribution in [1.29, 1.82) is 0 Å². The van der Waals surface area contributed by atoms with E-state index < -0.39 is 11.1 Å². The second-order valence-corrected chi connectivity index (χ2v) is 11.0. The molecule has 2 aromatic carbocycles. The van der Waals surface area contributed by atoms with E-state index in [4.69, 9.17) is 37.4 Å². The fourth-order valence-corrected chi connectivity index (χ4v) is 5.63. The van der Waals surface area contributed by atoms with E-state index in [-0.39, 0.29) is 24.0 Å². The number of thioether (sulfide) groups is 1. The largest absolute Gasteiger partial charge is 0.490 e. The van der Waals surface area contributed by atoms with Crippen LogP contribution in [0.25, 0.3) is 6.08 Å². The zero-order valence-corrected chi connectivity index (χ0v) is 24.3. The van der Waals surface area contributed by atoms with Gasteiger partial charge in [0.2, 0.25) is 5.91 Å². The van der Waals surface area contributed by atoms with Crippen LogP contribution in [0.5, 0.6) is 11.5 Å². The molecule has 37 heavy (non-hydrogen) atoms. The Labute approximate surface area is 242 Å². The smallest absolute Gasteiger partial charge is 0.294 e. The van der Waals surface area contributed by atoms with E-state index in [1.54, 1.807) is 29.2 Å². The number of benzene rings is 2. The van der Waals surface area contributed by atoms with Crippen LogP contribution < -0.4 is 9.47 Å². The predicted octanol–water partition coefficient (Wildman–Crippen LogP) is 5.47. The number of hydrogen-bond donors (Lipinski definition) is 0. The van der Waals surface area contributed by atoms with Gasteiger partial charge in [0, 0.05) is 13.1 Å². The number of hydrogen-bond acceptors (Lipinski definition) is 7. The highest BCUT2D eigenvalue weighted by Gasteiger charge is 2.37. The summed E-state index contributed by atoms with van der Waals surface area (Å²) in [7, 11) is 0. The zero-order valence-electron chi connectivity index (χ0n) is 19.8. The normalized spacial score (nSPS) is 17.0. The first kappa shape index (κ1) is 28.0. The maximum Gasteiger partial charge on any atom is 0.294 e. The molecular weight excluding hydrogens is 654 g/mol. The molecule has 2 fully saturated rings. The lowest BCUT2D eigenvalue weighted by Crippen LogP contribution is -2.46. The van der Waals surface area contributed by atoms with E-state index in [9.17, 15) is 14.4 Å². The molecule has 0 saturated carbocycles. The highest BCUT2D eigenvalue weighted by Crippen LogP contribution is 2.38. The van der Waals surface area contributed by atoms with E-state index in [2.05, 4.69) is 22.6 Å². The Morgan fingerprint density at radius 3 is 2.59 bits per heavy atom. The number of nitrogens with zero attached hydrogens (tertiary/aromatic N) is 2. The number of rotatable bonds is 8. The molecule has 0 radical (unpaired) electrons. The lowest BCUT2D eigenvalue weighted by molar-refractivity contribution is -0.139. The first-order chi connectivity index (χ1) is 17.8. The van der Waals surface area contributed by atoms with Crippen molar-refractivity contribution in [2.75, 3.05) is 39.5 Å². The Morgan fingerprint density at radius 2 is 1.89 bits per heavy atom. The quantitative estimate of drug-likeness (QED) is 0.271. The number of halogens is 3. The van der Waals surface area contributed by atoms with Crippen LogP contribution in [0.4, 0.5) is 4.79 Å². The number of carbonyl (C=O) groups excluding carboxylic acids is 3. The molecular formula is C25H23Cl2IN2O6S. The van der Waals surface area contributed by atoms with Crippen molar-refractivity contribution in [1.82, 2.24) is 9.80 Å². The average Bonchev–Trinajstić information content (AvgIpc) is 3.13. The molecule has 3 amide bonds. The topological polar surface area (TPSA) is 85.4 Å². The highest BCUT2D eigenvalue weighted by molar-refractivity contribution is 14.1. The Kier molecular flexibility index (Phi) is 9.62. The van der Waals surface area contributed by atoms with Gasteiger partial charge in [-0.1, -0.05) is 29.3 Å². The molecule has 12 heteroatoms. The van der Waals surface area contributed by atoms with Crippen molar-refractivity contribution < 1.29 is 28.6 Å². The molecule has 0 N–H and O–H groups in total. The molecule has 0 aliphatic carbocycles. The summed E-state index contributed by atoms with van der Waals surface area (Å²) in [5, 5.41) is 0.437. The van der Waals surface area contributed by atoms with Gasteiger partial charge in [0.25, 0.3) is 11.1 Å². The lowest BCUT2D eigenvalue weighted by Gasteiger charge is -2.28. The Balaban J connectivity index is 1.50. The predicted molar refractivity (Wildman–Crippen MR) is 151 cm³/mol. The van der Waals surface area contributed by atoms with Crippen LogP contribution in [0.1, 0.15) is 18.1 Å². The monoisotopic (exact) mass is 676 g/mol. The summed E-state index contributed by atoms with van der Waals surface area (Å²) in [4.78, 5) is 40.9. The molecule has 0 spiro atoms. The van der Waals surface area contributed by atoms with Crippen LogP contribution in [-0.2, 0) is 20.9 Å². The van der Waals surface area contributed by atoms with Crippen molar-refractivity contribution in [3.63, 3.8) is 0 Å². The van der Waals surface area contributed by atoms with Gasteiger partial charge in [0.15, 0.2) is 11.5 Å². The van der Waals surface area contributed by atoms with Crippen molar-refractivity contribution in [3.8, 4) is 11.5 Å². The third kappa shape index (κ3) is 6.91.